The van der Waals surface area contributed by atoms with Crippen LogP contribution in [0.1, 0.15) is 30.6 Å². The maximum absolute atomic E-state index is 11.1. The molecule has 92 valence electrons. The fourth-order valence-electron chi connectivity index (χ4n) is 2.02. The number of carbonyl (C=O) groups is 1. The molecule has 0 aliphatic heterocycles. The topological polar surface area (TPSA) is 81.1 Å². The number of carbonyl (C=O) groups excluding carboxylic acids is 1. The van der Waals surface area contributed by atoms with Gasteiger partial charge in [0.1, 0.15) is 0 Å². The van der Waals surface area contributed by atoms with Gasteiger partial charge >= 0.3 is 0 Å². The van der Waals surface area contributed by atoms with Crippen molar-refractivity contribution in [3.05, 3.63) is 23.8 Å². The third-order valence-electron chi connectivity index (χ3n) is 3.59. The third-order valence-corrected chi connectivity index (χ3v) is 3.59. The molecule has 0 saturated heterocycles. The first-order valence-electron chi connectivity index (χ1n) is 5.83. The lowest BCUT2D eigenvalue weighted by Crippen LogP contribution is -2.13. The molecule has 1 saturated carbocycles. The van der Waals surface area contributed by atoms with E-state index in [0.717, 1.165) is 12.2 Å². The lowest BCUT2D eigenvalue weighted by Gasteiger charge is -2.11. The summed E-state index contributed by atoms with van der Waals surface area (Å²) in [5, 5.41) is 3.29. The molecule has 5 N–H and O–H groups in total. The van der Waals surface area contributed by atoms with Crippen LogP contribution in [-0.4, -0.2) is 12.5 Å². The van der Waals surface area contributed by atoms with Crippen LogP contribution in [0.15, 0.2) is 18.2 Å². The van der Waals surface area contributed by atoms with Crippen LogP contribution >= 0.6 is 0 Å². The Balaban J connectivity index is 2.04. The van der Waals surface area contributed by atoms with Crippen molar-refractivity contribution in [1.82, 2.24) is 0 Å². The van der Waals surface area contributed by atoms with Gasteiger partial charge in [0.2, 0.25) is 5.91 Å². The van der Waals surface area contributed by atoms with Gasteiger partial charge in [0, 0.05) is 12.1 Å². The molecule has 0 spiro atoms. The molecule has 1 amide bonds. The van der Waals surface area contributed by atoms with Crippen LogP contribution < -0.4 is 16.8 Å². The van der Waals surface area contributed by atoms with Crippen LogP contribution in [0.4, 0.5) is 11.4 Å². The highest BCUT2D eigenvalue weighted by Crippen LogP contribution is 2.51. The second-order valence-corrected chi connectivity index (χ2v) is 5.44. The predicted octanol–water partition coefficient (Wildman–Crippen LogP) is 1.83. The van der Waals surface area contributed by atoms with Gasteiger partial charge in [-0.15, -0.1) is 0 Å². The minimum absolute atomic E-state index is 0.431. The SMILES string of the molecule is CC1(C)CC1CNc1cc(C(N)=O)ccc1N. The number of nitrogens with two attached hydrogens (primary N) is 2. The molecular formula is C13H19N3O. The zero-order valence-electron chi connectivity index (χ0n) is 10.3. The Morgan fingerprint density at radius 3 is 2.71 bits per heavy atom. The second kappa shape index (κ2) is 3.95. The van der Waals surface area contributed by atoms with Crippen molar-refractivity contribution in [3.8, 4) is 0 Å². The summed E-state index contributed by atoms with van der Waals surface area (Å²) >= 11 is 0. The average molecular weight is 233 g/mol. The number of rotatable bonds is 4. The number of nitrogens with one attached hydrogen (secondary N) is 1. The first-order valence-corrected chi connectivity index (χ1v) is 5.83. The molecule has 1 unspecified atom stereocenters. The molecule has 0 bridgehead atoms. The van der Waals surface area contributed by atoms with Crippen LogP contribution in [0.25, 0.3) is 0 Å². The summed E-state index contributed by atoms with van der Waals surface area (Å²) in [5.41, 5.74) is 13.4. The molecule has 2 rings (SSSR count). The maximum Gasteiger partial charge on any atom is 0.248 e. The summed E-state index contributed by atoms with van der Waals surface area (Å²) in [6, 6.07) is 5.07. The van der Waals surface area contributed by atoms with E-state index in [0.29, 0.717) is 22.6 Å². The lowest BCUT2D eigenvalue weighted by molar-refractivity contribution is 0.100. The fourth-order valence-corrected chi connectivity index (χ4v) is 2.02. The smallest absolute Gasteiger partial charge is 0.248 e. The van der Waals surface area contributed by atoms with Gasteiger partial charge in [-0.25, -0.2) is 0 Å². The van der Waals surface area contributed by atoms with E-state index in [9.17, 15) is 4.79 Å². The van der Waals surface area contributed by atoms with Gasteiger partial charge in [-0.05, 0) is 36.0 Å². The Hall–Kier alpha value is -1.71. The van der Waals surface area contributed by atoms with Gasteiger partial charge in [0.25, 0.3) is 0 Å². The van der Waals surface area contributed by atoms with Gasteiger partial charge in [-0.3, -0.25) is 4.79 Å². The Morgan fingerprint density at radius 1 is 1.53 bits per heavy atom. The number of amides is 1. The number of hydrogen-bond acceptors (Lipinski definition) is 3. The largest absolute Gasteiger partial charge is 0.397 e. The highest BCUT2D eigenvalue weighted by atomic mass is 16.1. The monoisotopic (exact) mass is 233 g/mol. The van der Waals surface area contributed by atoms with Gasteiger partial charge in [0.05, 0.1) is 11.4 Å². The summed E-state index contributed by atoms with van der Waals surface area (Å²) in [5.74, 6) is 0.249. The van der Waals surface area contributed by atoms with Gasteiger partial charge in [-0.1, -0.05) is 13.8 Å². The number of primary amides is 1. The zero-order valence-corrected chi connectivity index (χ0v) is 10.3. The molecule has 1 aliphatic carbocycles. The molecule has 0 radical (unpaired) electrons. The third kappa shape index (κ3) is 2.52. The first-order chi connectivity index (χ1) is 7.90. The summed E-state index contributed by atoms with van der Waals surface area (Å²) in [6.07, 6.45) is 1.23. The van der Waals surface area contributed by atoms with E-state index >= 15 is 0 Å². The molecule has 1 fully saturated rings. The molecule has 1 atom stereocenters. The molecular weight excluding hydrogens is 214 g/mol. The number of anilines is 2. The van der Waals surface area contributed by atoms with E-state index in [-0.39, 0.29) is 0 Å². The molecule has 17 heavy (non-hydrogen) atoms. The van der Waals surface area contributed by atoms with Crippen molar-refractivity contribution in [2.75, 3.05) is 17.6 Å². The van der Waals surface area contributed by atoms with Crippen LogP contribution in [0.3, 0.4) is 0 Å². The number of nitrogen functional groups attached to an aromatic ring is 1. The predicted molar refractivity (Wildman–Crippen MR) is 69.8 cm³/mol. The lowest BCUT2D eigenvalue weighted by atomic mass is 10.1. The fraction of sp³-hybridized carbons (Fsp3) is 0.462. The highest BCUT2D eigenvalue weighted by Gasteiger charge is 2.44. The quantitative estimate of drug-likeness (QED) is 0.694. The minimum Gasteiger partial charge on any atom is -0.397 e. The summed E-state index contributed by atoms with van der Waals surface area (Å²) in [4.78, 5) is 11.1. The summed E-state index contributed by atoms with van der Waals surface area (Å²) < 4.78 is 0. The number of benzene rings is 1. The highest BCUT2D eigenvalue weighted by molar-refractivity contribution is 5.94. The Labute approximate surface area is 101 Å². The Kier molecular flexibility index (Phi) is 2.73. The van der Waals surface area contributed by atoms with E-state index in [1.54, 1.807) is 18.2 Å². The molecule has 0 heterocycles. The van der Waals surface area contributed by atoms with Crippen LogP contribution in [0.2, 0.25) is 0 Å². The zero-order chi connectivity index (χ0) is 12.6. The molecule has 0 aromatic heterocycles. The molecule has 4 nitrogen and oxygen atoms in total. The van der Waals surface area contributed by atoms with Crippen LogP contribution in [0.5, 0.6) is 0 Å². The Morgan fingerprint density at radius 2 is 2.18 bits per heavy atom. The van der Waals surface area contributed by atoms with E-state index in [1.165, 1.54) is 6.42 Å². The van der Waals surface area contributed by atoms with Gasteiger partial charge < -0.3 is 16.8 Å². The summed E-state index contributed by atoms with van der Waals surface area (Å²) in [7, 11) is 0. The molecule has 1 aromatic rings. The van der Waals surface area contributed by atoms with E-state index in [2.05, 4.69) is 19.2 Å². The van der Waals surface area contributed by atoms with Crippen molar-refractivity contribution < 1.29 is 4.79 Å². The van der Waals surface area contributed by atoms with Crippen LogP contribution in [-0.2, 0) is 0 Å². The average Bonchev–Trinajstić information content (AvgIpc) is 2.85. The van der Waals surface area contributed by atoms with Crippen molar-refractivity contribution in [2.45, 2.75) is 20.3 Å². The van der Waals surface area contributed by atoms with E-state index < -0.39 is 5.91 Å². The van der Waals surface area contributed by atoms with E-state index in [4.69, 9.17) is 11.5 Å². The van der Waals surface area contributed by atoms with Crippen LogP contribution in [0, 0.1) is 11.3 Å². The van der Waals surface area contributed by atoms with Crippen molar-refractivity contribution in [2.24, 2.45) is 17.1 Å². The standard InChI is InChI=1S/C13H19N3O/c1-13(2)6-9(13)7-16-11-5-8(12(15)17)3-4-10(11)14/h3-5,9,16H,6-7,14H2,1-2H3,(H2,15,17). The number of hydrogen-bond donors (Lipinski definition) is 3. The van der Waals surface area contributed by atoms with Gasteiger partial charge in [0.15, 0.2) is 0 Å². The molecule has 1 aromatic carbocycles. The van der Waals surface area contributed by atoms with Crippen molar-refractivity contribution in [3.63, 3.8) is 0 Å². The Bertz CT molecular complexity index is 454. The summed E-state index contributed by atoms with van der Waals surface area (Å²) in [6.45, 7) is 5.39. The van der Waals surface area contributed by atoms with E-state index in [1.807, 2.05) is 0 Å². The minimum atomic E-state index is -0.431. The second-order valence-electron chi connectivity index (χ2n) is 5.44. The van der Waals surface area contributed by atoms with Gasteiger partial charge in [-0.2, -0.15) is 0 Å². The molecule has 1 aliphatic rings. The van der Waals surface area contributed by atoms with Crippen molar-refractivity contribution in [1.29, 1.82) is 0 Å². The maximum atomic E-state index is 11.1. The normalized spacial score (nSPS) is 20.9. The first kappa shape index (κ1) is 11.8. The van der Waals surface area contributed by atoms with Crippen molar-refractivity contribution >= 4 is 17.3 Å². The molecule has 4 heteroatoms.